The average molecular weight is 292 g/mol. The highest BCUT2D eigenvalue weighted by molar-refractivity contribution is 5.95. The highest BCUT2D eigenvalue weighted by Crippen LogP contribution is 2.11. The van der Waals surface area contributed by atoms with Crippen molar-refractivity contribution in [2.24, 2.45) is 5.10 Å². The van der Waals surface area contributed by atoms with Crippen LogP contribution in [0, 0.1) is 13.8 Å². The second-order valence-corrected chi connectivity index (χ2v) is 5.09. The van der Waals surface area contributed by atoms with Gasteiger partial charge in [-0.1, -0.05) is 35.9 Å². The minimum absolute atomic E-state index is 0.278. The fraction of sp³-hybridized carbons (Fsp3) is 0.118. The Morgan fingerprint density at radius 1 is 1.23 bits per heavy atom. The molecular formula is C17H16N4O. The highest BCUT2D eigenvalue weighted by atomic mass is 16.2. The second-order valence-electron chi connectivity index (χ2n) is 5.09. The van der Waals surface area contributed by atoms with Gasteiger partial charge in [-0.05, 0) is 31.5 Å². The number of amides is 1. The van der Waals surface area contributed by atoms with Crippen LogP contribution in [0.25, 0.3) is 5.65 Å². The smallest absolute Gasteiger partial charge is 0.290 e. The van der Waals surface area contributed by atoms with Gasteiger partial charge in [-0.3, -0.25) is 9.20 Å². The number of rotatable bonds is 3. The van der Waals surface area contributed by atoms with Crippen molar-refractivity contribution in [2.75, 3.05) is 0 Å². The van der Waals surface area contributed by atoms with Crippen LogP contribution in [0.3, 0.4) is 0 Å². The summed E-state index contributed by atoms with van der Waals surface area (Å²) in [4.78, 5) is 16.7. The summed E-state index contributed by atoms with van der Waals surface area (Å²) in [5.41, 5.74) is 6.56. The van der Waals surface area contributed by atoms with Crippen molar-refractivity contribution in [3.8, 4) is 0 Å². The maximum absolute atomic E-state index is 12.3. The van der Waals surface area contributed by atoms with Crippen LogP contribution in [0.1, 0.15) is 27.3 Å². The van der Waals surface area contributed by atoms with E-state index in [9.17, 15) is 4.79 Å². The van der Waals surface area contributed by atoms with E-state index in [2.05, 4.69) is 15.5 Å². The number of imidazole rings is 1. The Kier molecular flexibility index (Phi) is 3.70. The first-order valence-corrected chi connectivity index (χ1v) is 6.99. The molecule has 0 spiro atoms. The molecule has 0 atom stereocenters. The predicted octanol–water partition coefficient (Wildman–Crippen LogP) is 2.72. The summed E-state index contributed by atoms with van der Waals surface area (Å²) in [5, 5.41) is 4.02. The summed E-state index contributed by atoms with van der Waals surface area (Å²) < 4.78 is 1.76. The summed E-state index contributed by atoms with van der Waals surface area (Å²) in [6, 6.07) is 13.5. The van der Waals surface area contributed by atoms with Gasteiger partial charge < -0.3 is 0 Å². The zero-order valence-corrected chi connectivity index (χ0v) is 12.4. The number of carbonyl (C=O) groups excluding carboxylic acids is 1. The lowest BCUT2D eigenvalue weighted by molar-refractivity contribution is 0.0948. The molecule has 1 amide bonds. The second kappa shape index (κ2) is 5.81. The van der Waals surface area contributed by atoms with Gasteiger partial charge in [0.25, 0.3) is 5.91 Å². The number of fused-ring (bicyclic) bond motifs is 1. The first-order chi connectivity index (χ1) is 10.6. The Labute approximate surface area is 128 Å². The van der Waals surface area contributed by atoms with E-state index in [0.29, 0.717) is 11.4 Å². The lowest BCUT2D eigenvalue weighted by Crippen LogP contribution is -2.20. The van der Waals surface area contributed by atoms with Crippen LogP contribution in [-0.4, -0.2) is 21.5 Å². The van der Waals surface area contributed by atoms with E-state index in [1.165, 1.54) is 0 Å². The van der Waals surface area contributed by atoms with E-state index in [4.69, 9.17) is 0 Å². The van der Waals surface area contributed by atoms with Gasteiger partial charge in [0.2, 0.25) is 0 Å². The lowest BCUT2D eigenvalue weighted by atomic mass is 10.2. The Morgan fingerprint density at radius 2 is 2.09 bits per heavy atom. The van der Waals surface area contributed by atoms with E-state index in [1.807, 2.05) is 62.5 Å². The number of aromatic nitrogens is 2. The Balaban J connectivity index is 1.81. The van der Waals surface area contributed by atoms with Gasteiger partial charge in [0, 0.05) is 6.20 Å². The van der Waals surface area contributed by atoms with Crippen molar-refractivity contribution in [3.05, 3.63) is 71.2 Å². The molecule has 110 valence electrons. The molecule has 2 aromatic heterocycles. The van der Waals surface area contributed by atoms with E-state index >= 15 is 0 Å². The maximum Gasteiger partial charge on any atom is 0.290 e. The molecule has 3 aromatic rings. The predicted molar refractivity (Wildman–Crippen MR) is 86.2 cm³/mol. The van der Waals surface area contributed by atoms with Gasteiger partial charge in [-0.15, -0.1) is 0 Å². The van der Waals surface area contributed by atoms with Crippen LogP contribution in [0.15, 0.2) is 53.8 Å². The molecule has 0 aliphatic rings. The molecule has 3 rings (SSSR count). The molecule has 1 aromatic carbocycles. The minimum Gasteiger partial charge on any atom is -0.295 e. The van der Waals surface area contributed by atoms with Crippen molar-refractivity contribution in [3.63, 3.8) is 0 Å². The Bertz CT molecular complexity index is 864. The van der Waals surface area contributed by atoms with Gasteiger partial charge in [0.05, 0.1) is 11.9 Å². The van der Waals surface area contributed by atoms with E-state index in [1.54, 1.807) is 10.6 Å². The monoisotopic (exact) mass is 292 g/mol. The molecule has 2 heterocycles. The fourth-order valence-corrected chi connectivity index (χ4v) is 2.36. The third kappa shape index (κ3) is 2.74. The van der Waals surface area contributed by atoms with Crippen LogP contribution in [0.4, 0.5) is 0 Å². The molecule has 0 saturated carbocycles. The summed E-state index contributed by atoms with van der Waals surface area (Å²) in [5.74, 6) is -0.278. The van der Waals surface area contributed by atoms with Crippen molar-refractivity contribution >= 4 is 17.8 Å². The van der Waals surface area contributed by atoms with Gasteiger partial charge in [-0.25, -0.2) is 10.4 Å². The number of nitrogens with zero attached hydrogens (tertiary/aromatic N) is 3. The lowest BCUT2D eigenvalue weighted by Gasteiger charge is -2.01. The van der Waals surface area contributed by atoms with Crippen molar-refractivity contribution in [2.45, 2.75) is 13.8 Å². The maximum atomic E-state index is 12.3. The van der Waals surface area contributed by atoms with Crippen LogP contribution in [0.5, 0.6) is 0 Å². The molecule has 0 aliphatic carbocycles. The number of hydrogen-bond donors (Lipinski definition) is 1. The van der Waals surface area contributed by atoms with Crippen molar-refractivity contribution in [1.29, 1.82) is 0 Å². The molecule has 0 bridgehead atoms. The molecule has 0 saturated heterocycles. The number of nitrogens with one attached hydrogen (secondary N) is 1. The number of hydrogen-bond acceptors (Lipinski definition) is 3. The zero-order valence-electron chi connectivity index (χ0n) is 12.4. The van der Waals surface area contributed by atoms with Gasteiger partial charge in [0.1, 0.15) is 11.3 Å². The zero-order chi connectivity index (χ0) is 15.5. The first kappa shape index (κ1) is 14.0. The number of pyridine rings is 1. The van der Waals surface area contributed by atoms with E-state index in [0.717, 1.165) is 16.8 Å². The molecule has 5 heteroatoms. The summed E-state index contributed by atoms with van der Waals surface area (Å²) in [6.07, 6.45) is 3.44. The molecule has 1 N–H and O–H groups in total. The Morgan fingerprint density at radius 3 is 2.91 bits per heavy atom. The fourth-order valence-electron chi connectivity index (χ4n) is 2.36. The molecule has 0 unspecified atom stereocenters. The third-order valence-corrected chi connectivity index (χ3v) is 3.34. The number of benzene rings is 1. The van der Waals surface area contributed by atoms with Crippen LogP contribution < -0.4 is 5.43 Å². The molecule has 0 aliphatic heterocycles. The van der Waals surface area contributed by atoms with Gasteiger partial charge in [0.15, 0.2) is 0 Å². The SMILES string of the molecule is Cc1cccc(/C=N\NC(=O)c2c(C)nc3ccccn23)c1. The average Bonchev–Trinajstić information content (AvgIpc) is 2.83. The van der Waals surface area contributed by atoms with Crippen LogP contribution in [-0.2, 0) is 0 Å². The molecule has 22 heavy (non-hydrogen) atoms. The van der Waals surface area contributed by atoms with Gasteiger partial charge in [-0.2, -0.15) is 5.10 Å². The first-order valence-electron chi connectivity index (χ1n) is 6.99. The molecular weight excluding hydrogens is 276 g/mol. The molecule has 0 radical (unpaired) electrons. The topological polar surface area (TPSA) is 58.8 Å². The number of aryl methyl sites for hydroxylation is 2. The summed E-state index contributed by atoms with van der Waals surface area (Å²) >= 11 is 0. The Hall–Kier alpha value is -2.95. The van der Waals surface area contributed by atoms with Crippen molar-refractivity contribution in [1.82, 2.24) is 14.8 Å². The normalized spacial score (nSPS) is 11.2. The minimum atomic E-state index is -0.278. The van der Waals surface area contributed by atoms with Crippen LogP contribution in [0.2, 0.25) is 0 Å². The van der Waals surface area contributed by atoms with E-state index < -0.39 is 0 Å². The van der Waals surface area contributed by atoms with Crippen molar-refractivity contribution < 1.29 is 4.79 Å². The summed E-state index contributed by atoms with van der Waals surface area (Å²) in [6.45, 7) is 3.82. The number of carbonyl (C=O) groups is 1. The van der Waals surface area contributed by atoms with Gasteiger partial charge >= 0.3 is 0 Å². The standard InChI is InChI=1S/C17H16N4O/c1-12-6-5-7-14(10-12)11-18-20-17(22)16-13(2)19-15-8-3-4-9-21(15)16/h3-11H,1-2H3,(H,20,22)/b18-11-. The third-order valence-electron chi connectivity index (χ3n) is 3.34. The van der Waals surface area contributed by atoms with Crippen LogP contribution >= 0.6 is 0 Å². The van der Waals surface area contributed by atoms with E-state index in [-0.39, 0.29) is 5.91 Å². The molecule has 0 fully saturated rings. The summed E-state index contributed by atoms with van der Waals surface area (Å²) in [7, 11) is 0. The number of hydrazone groups is 1. The quantitative estimate of drug-likeness (QED) is 0.596. The molecule has 5 nitrogen and oxygen atoms in total. The highest BCUT2D eigenvalue weighted by Gasteiger charge is 2.15. The largest absolute Gasteiger partial charge is 0.295 e.